The molecule has 3 rings (SSSR count). The molecule has 0 aliphatic rings. The zero-order valence-corrected chi connectivity index (χ0v) is 14.3. The fraction of sp³-hybridized carbons (Fsp3) is 0.118. The Morgan fingerprint density at radius 3 is 2.44 bits per heavy atom. The number of carbonyl (C=O) groups excluding carboxylic acids is 1. The highest BCUT2D eigenvalue weighted by Gasteiger charge is 2.15. The second-order valence-corrected chi connectivity index (χ2v) is 7.57. The van der Waals surface area contributed by atoms with Gasteiger partial charge in [0, 0.05) is 24.3 Å². The average Bonchev–Trinajstić information content (AvgIpc) is 3.01. The summed E-state index contributed by atoms with van der Waals surface area (Å²) in [6.07, 6.45) is 1.24. The zero-order valence-electron chi connectivity index (χ0n) is 13.5. The summed E-state index contributed by atoms with van der Waals surface area (Å²) >= 11 is 0. The quantitative estimate of drug-likeness (QED) is 0.715. The number of hydrogen-bond acceptors (Lipinski definition) is 5. The van der Waals surface area contributed by atoms with Gasteiger partial charge in [-0.3, -0.25) is 4.79 Å². The van der Waals surface area contributed by atoms with E-state index in [-0.39, 0.29) is 10.5 Å². The molecule has 0 spiro atoms. The lowest BCUT2D eigenvalue weighted by Crippen LogP contribution is -2.05. The first-order chi connectivity index (χ1) is 11.9. The van der Waals surface area contributed by atoms with Gasteiger partial charge in [0.15, 0.2) is 0 Å². The molecule has 0 N–H and O–H groups in total. The molecule has 6 nitrogen and oxygen atoms in total. The van der Waals surface area contributed by atoms with Gasteiger partial charge in [0.25, 0.3) is 5.91 Å². The monoisotopic (exact) mass is 359 g/mol. The van der Waals surface area contributed by atoms with E-state index in [1.807, 2.05) is 0 Å². The molecule has 0 fully saturated rings. The molecule has 1 aromatic heterocycles. The summed E-state index contributed by atoms with van der Waals surface area (Å²) in [7, 11) is -3.19. The van der Waals surface area contributed by atoms with Gasteiger partial charge in [0.1, 0.15) is 5.82 Å². The average molecular weight is 359 g/mol. The van der Waals surface area contributed by atoms with E-state index in [1.54, 1.807) is 25.1 Å². The molecule has 0 aliphatic carbocycles. The molecular formula is C17H14FN3O3S. The standard InChI is InChI=1S/C17H14FN3O3S/c1-11-19-16(20-24-11)12-7-9-13(10-8-12)17(22)21-25(2,23)15-6-4-3-5-14(15)18/h3-10H,1-2H3. The van der Waals surface area contributed by atoms with E-state index in [0.717, 1.165) is 0 Å². The molecule has 1 amide bonds. The maximum Gasteiger partial charge on any atom is 0.285 e. The Balaban J connectivity index is 1.91. The number of rotatable bonds is 3. The minimum atomic E-state index is -3.19. The highest BCUT2D eigenvalue weighted by Crippen LogP contribution is 2.19. The Labute approximate surface area is 143 Å². The molecular weight excluding hydrogens is 345 g/mol. The normalized spacial score (nSPS) is 13.2. The second kappa shape index (κ2) is 6.56. The Kier molecular flexibility index (Phi) is 4.45. The number of amides is 1. The van der Waals surface area contributed by atoms with Crippen molar-refractivity contribution in [3.8, 4) is 11.4 Å². The molecule has 2 aromatic carbocycles. The lowest BCUT2D eigenvalue weighted by atomic mass is 10.1. The van der Waals surface area contributed by atoms with E-state index in [1.165, 1.54) is 36.6 Å². The summed E-state index contributed by atoms with van der Waals surface area (Å²) in [5.74, 6) is -0.513. The van der Waals surface area contributed by atoms with Crippen molar-refractivity contribution in [2.75, 3.05) is 6.26 Å². The van der Waals surface area contributed by atoms with Crippen LogP contribution in [0.25, 0.3) is 11.4 Å². The third kappa shape index (κ3) is 3.63. The number of halogens is 1. The predicted molar refractivity (Wildman–Crippen MR) is 90.0 cm³/mol. The molecule has 25 heavy (non-hydrogen) atoms. The minimum absolute atomic E-state index is 0.0951. The fourth-order valence-corrected chi connectivity index (χ4v) is 3.47. The summed E-state index contributed by atoms with van der Waals surface area (Å²) in [5.41, 5.74) is 0.898. The highest BCUT2D eigenvalue weighted by atomic mass is 32.2. The molecule has 0 bridgehead atoms. The summed E-state index contributed by atoms with van der Waals surface area (Å²) in [6, 6.07) is 11.9. The Morgan fingerprint density at radius 2 is 1.84 bits per heavy atom. The first-order valence-corrected chi connectivity index (χ1v) is 9.21. The van der Waals surface area contributed by atoms with Gasteiger partial charge in [0.2, 0.25) is 11.7 Å². The van der Waals surface area contributed by atoms with Crippen LogP contribution < -0.4 is 0 Å². The van der Waals surface area contributed by atoms with E-state index in [4.69, 9.17) is 4.52 Å². The number of hydrogen-bond donors (Lipinski definition) is 0. The van der Waals surface area contributed by atoms with E-state index in [9.17, 15) is 13.4 Å². The van der Waals surface area contributed by atoms with Crippen LogP contribution in [0.2, 0.25) is 0 Å². The first kappa shape index (κ1) is 17.0. The van der Waals surface area contributed by atoms with Crippen LogP contribution in [0.3, 0.4) is 0 Å². The molecule has 1 unspecified atom stereocenters. The lowest BCUT2D eigenvalue weighted by Gasteiger charge is -2.05. The van der Waals surface area contributed by atoms with Gasteiger partial charge < -0.3 is 4.52 Å². The third-order valence-corrected chi connectivity index (χ3v) is 5.08. The van der Waals surface area contributed by atoms with Gasteiger partial charge in [-0.1, -0.05) is 29.4 Å². The van der Waals surface area contributed by atoms with Crippen LogP contribution in [-0.4, -0.2) is 26.5 Å². The van der Waals surface area contributed by atoms with Crippen molar-refractivity contribution < 1.29 is 17.9 Å². The van der Waals surface area contributed by atoms with E-state index < -0.39 is 21.5 Å². The van der Waals surface area contributed by atoms with Crippen LogP contribution in [0.4, 0.5) is 4.39 Å². The number of aryl methyl sites for hydroxylation is 1. The SMILES string of the molecule is Cc1nc(-c2ccc(C(=O)N=S(C)(=O)c3ccccc3F)cc2)no1. The number of carbonyl (C=O) groups is 1. The maximum atomic E-state index is 13.8. The van der Waals surface area contributed by atoms with Crippen LogP contribution in [-0.2, 0) is 9.73 Å². The Bertz CT molecular complexity index is 1050. The van der Waals surface area contributed by atoms with Gasteiger partial charge in [-0.25, -0.2) is 8.60 Å². The van der Waals surface area contributed by atoms with Gasteiger partial charge >= 0.3 is 0 Å². The van der Waals surface area contributed by atoms with Crippen LogP contribution in [0, 0.1) is 12.7 Å². The first-order valence-electron chi connectivity index (χ1n) is 7.28. The van der Waals surface area contributed by atoms with Crippen molar-refractivity contribution in [3.05, 3.63) is 65.8 Å². The Morgan fingerprint density at radius 1 is 1.16 bits per heavy atom. The van der Waals surface area contributed by atoms with Gasteiger partial charge in [-0.15, -0.1) is 0 Å². The molecule has 1 heterocycles. The van der Waals surface area contributed by atoms with Crippen LogP contribution in [0.1, 0.15) is 16.2 Å². The van der Waals surface area contributed by atoms with Crippen molar-refractivity contribution in [2.45, 2.75) is 11.8 Å². The highest BCUT2D eigenvalue weighted by molar-refractivity contribution is 7.93. The molecule has 0 saturated carbocycles. The molecule has 1 atom stereocenters. The van der Waals surface area contributed by atoms with Gasteiger partial charge in [-0.2, -0.15) is 9.35 Å². The molecule has 0 aliphatic heterocycles. The zero-order chi connectivity index (χ0) is 18.0. The molecule has 128 valence electrons. The number of nitrogens with zero attached hydrogens (tertiary/aromatic N) is 3. The van der Waals surface area contributed by atoms with Crippen molar-refractivity contribution in [3.63, 3.8) is 0 Å². The summed E-state index contributed by atoms with van der Waals surface area (Å²) in [6.45, 7) is 1.67. The maximum absolute atomic E-state index is 13.8. The van der Waals surface area contributed by atoms with Crippen LogP contribution in [0.5, 0.6) is 0 Å². The topological polar surface area (TPSA) is 85.4 Å². The number of benzene rings is 2. The second-order valence-electron chi connectivity index (χ2n) is 5.34. The van der Waals surface area contributed by atoms with Crippen LogP contribution >= 0.6 is 0 Å². The third-order valence-electron chi connectivity index (χ3n) is 3.42. The summed E-state index contributed by atoms with van der Waals surface area (Å²) in [5, 5.41) is 3.79. The van der Waals surface area contributed by atoms with Crippen molar-refractivity contribution in [1.29, 1.82) is 0 Å². The Hall–Kier alpha value is -2.87. The van der Waals surface area contributed by atoms with E-state index in [0.29, 0.717) is 17.3 Å². The van der Waals surface area contributed by atoms with Gasteiger partial charge in [-0.05, 0) is 24.3 Å². The van der Waals surface area contributed by atoms with Gasteiger partial charge in [0.05, 0.1) is 14.6 Å². The predicted octanol–water partition coefficient (Wildman–Crippen LogP) is 3.48. The van der Waals surface area contributed by atoms with Crippen molar-refractivity contribution in [2.24, 2.45) is 4.36 Å². The molecule has 0 radical (unpaired) electrons. The number of aromatic nitrogens is 2. The van der Waals surface area contributed by atoms with Crippen molar-refractivity contribution in [1.82, 2.24) is 10.1 Å². The summed E-state index contributed by atoms with van der Waals surface area (Å²) < 4.78 is 35.0. The smallest absolute Gasteiger partial charge is 0.285 e. The summed E-state index contributed by atoms with van der Waals surface area (Å²) in [4.78, 5) is 16.3. The van der Waals surface area contributed by atoms with E-state index in [2.05, 4.69) is 14.5 Å². The van der Waals surface area contributed by atoms with Crippen molar-refractivity contribution >= 4 is 15.6 Å². The lowest BCUT2D eigenvalue weighted by molar-refractivity contribution is 0.100. The molecule has 8 heteroatoms. The van der Waals surface area contributed by atoms with Crippen LogP contribution in [0.15, 0.2) is 62.3 Å². The largest absolute Gasteiger partial charge is 0.339 e. The molecule has 0 saturated heterocycles. The van der Waals surface area contributed by atoms with E-state index >= 15 is 0 Å². The minimum Gasteiger partial charge on any atom is -0.339 e. The fourth-order valence-electron chi connectivity index (χ4n) is 2.19. The molecule has 3 aromatic rings.